The van der Waals surface area contributed by atoms with Crippen LogP contribution in [0.15, 0.2) is 27.9 Å². The molecule has 0 bridgehead atoms. The smallest absolute Gasteiger partial charge is 0.378 e. The highest BCUT2D eigenvalue weighted by Crippen LogP contribution is 2.31. The van der Waals surface area contributed by atoms with Crippen LogP contribution in [-0.2, 0) is 17.5 Å². The Labute approximate surface area is 202 Å². The molecule has 1 atom stereocenters. The Morgan fingerprint density at radius 3 is 2.69 bits per heavy atom. The fourth-order valence-corrected chi connectivity index (χ4v) is 3.82. The van der Waals surface area contributed by atoms with Gasteiger partial charge in [-0.3, -0.25) is 4.79 Å². The predicted octanol–water partition coefficient (Wildman–Crippen LogP) is 3.02. The molecule has 0 amide bonds. The first-order valence-electron chi connectivity index (χ1n) is 10.7. The predicted molar refractivity (Wildman–Crippen MR) is 118 cm³/mol. The van der Waals surface area contributed by atoms with Gasteiger partial charge in [-0.25, -0.2) is 15.1 Å². The van der Waals surface area contributed by atoms with E-state index in [1.807, 2.05) is 0 Å². The number of anilines is 2. The van der Waals surface area contributed by atoms with E-state index in [0.717, 1.165) is 32.1 Å². The summed E-state index contributed by atoms with van der Waals surface area (Å²) in [4.78, 5) is 26.5. The normalized spacial score (nSPS) is 15.9. The Bertz CT molecular complexity index is 1180. The summed E-state index contributed by atoms with van der Waals surface area (Å²) in [5.74, 6) is 1.58. The van der Waals surface area contributed by atoms with Gasteiger partial charge in [-0.2, -0.15) is 23.3 Å². The number of H-pyrrole nitrogens is 1. The maximum atomic E-state index is 13.2. The van der Waals surface area contributed by atoms with E-state index in [4.69, 9.17) is 20.9 Å². The third kappa shape index (κ3) is 6.25. The monoisotopic (exact) mass is 514 g/mol. The van der Waals surface area contributed by atoms with Gasteiger partial charge in [0.2, 0.25) is 5.95 Å². The van der Waals surface area contributed by atoms with Crippen LogP contribution in [0.4, 0.5) is 24.8 Å². The summed E-state index contributed by atoms with van der Waals surface area (Å²) in [5.41, 5.74) is -3.08. The minimum atomic E-state index is -4.82. The molecule has 0 aromatic carbocycles. The summed E-state index contributed by atoms with van der Waals surface area (Å²) >= 11 is 5.83. The van der Waals surface area contributed by atoms with Gasteiger partial charge in [0.05, 0.1) is 35.9 Å². The highest BCUT2D eigenvalue weighted by atomic mass is 35.5. The number of nitrogens with zero attached hydrogens (tertiary/aromatic N) is 6. The van der Waals surface area contributed by atoms with Crippen LogP contribution in [0, 0.1) is 0 Å². The van der Waals surface area contributed by atoms with Gasteiger partial charge in [0.25, 0.3) is 11.4 Å². The van der Waals surface area contributed by atoms with Crippen LogP contribution in [0.1, 0.15) is 43.0 Å². The van der Waals surface area contributed by atoms with Crippen molar-refractivity contribution in [2.24, 2.45) is 0 Å². The lowest BCUT2D eigenvalue weighted by Gasteiger charge is -2.30. The van der Waals surface area contributed by atoms with Crippen LogP contribution in [0.5, 0.6) is 0 Å². The summed E-state index contributed by atoms with van der Waals surface area (Å²) in [7, 11) is 0. The molecule has 15 heteroatoms. The van der Waals surface area contributed by atoms with E-state index in [9.17, 15) is 18.0 Å². The van der Waals surface area contributed by atoms with Gasteiger partial charge in [0.15, 0.2) is 5.82 Å². The SMILES string of the molecule is CC(COCc1nc(C2CCN(c3ncc(Cl)cn3)CC2)no1)Nc1cn[nH]c(=O)c1C(F)(F)F. The fourth-order valence-electron chi connectivity index (χ4n) is 3.72. The van der Waals surface area contributed by atoms with Gasteiger partial charge < -0.3 is 19.5 Å². The summed E-state index contributed by atoms with van der Waals surface area (Å²) in [5, 5.41) is 12.3. The molecule has 2 N–H and O–H groups in total. The Morgan fingerprint density at radius 2 is 2.00 bits per heavy atom. The van der Waals surface area contributed by atoms with Gasteiger partial charge in [-0.1, -0.05) is 16.8 Å². The number of aromatic nitrogens is 6. The van der Waals surface area contributed by atoms with Crippen LogP contribution in [0.25, 0.3) is 0 Å². The molecule has 1 fully saturated rings. The molecule has 1 aliphatic rings. The molecule has 1 unspecified atom stereocenters. The number of hydrogen-bond acceptors (Lipinski definition) is 10. The van der Waals surface area contributed by atoms with Gasteiger partial charge in [0, 0.05) is 25.0 Å². The fraction of sp³-hybridized carbons (Fsp3) is 0.500. The second-order valence-electron chi connectivity index (χ2n) is 8.05. The zero-order chi connectivity index (χ0) is 25.0. The van der Waals surface area contributed by atoms with Crippen LogP contribution in [-0.4, -0.2) is 56.0 Å². The number of piperidine rings is 1. The van der Waals surface area contributed by atoms with Gasteiger partial charge in [-0.05, 0) is 19.8 Å². The first-order valence-corrected chi connectivity index (χ1v) is 11.1. The lowest BCUT2D eigenvalue weighted by atomic mass is 9.96. The average molecular weight is 515 g/mol. The van der Waals surface area contributed by atoms with E-state index < -0.39 is 29.0 Å². The molecule has 3 aromatic heterocycles. The van der Waals surface area contributed by atoms with Gasteiger partial charge >= 0.3 is 6.18 Å². The van der Waals surface area contributed by atoms with Crippen molar-refractivity contribution in [3.05, 3.63) is 51.2 Å². The molecular weight excluding hydrogens is 493 g/mol. The van der Waals surface area contributed by atoms with Gasteiger partial charge in [-0.15, -0.1) is 0 Å². The van der Waals surface area contributed by atoms with E-state index in [1.165, 1.54) is 0 Å². The quantitative estimate of drug-likeness (QED) is 0.461. The minimum Gasteiger partial charge on any atom is -0.378 e. The average Bonchev–Trinajstić information content (AvgIpc) is 3.28. The van der Waals surface area contributed by atoms with E-state index in [2.05, 4.69) is 35.4 Å². The lowest BCUT2D eigenvalue weighted by Crippen LogP contribution is -2.34. The first-order chi connectivity index (χ1) is 16.7. The van der Waals surface area contributed by atoms with E-state index >= 15 is 0 Å². The maximum Gasteiger partial charge on any atom is 0.423 e. The number of hydrogen-bond donors (Lipinski definition) is 2. The molecule has 0 saturated carbocycles. The molecule has 4 heterocycles. The molecule has 0 spiro atoms. The molecule has 4 rings (SSSR count). The maximum absolute atomic E-state index is 13.2. The number of halogens is 4. The zero-order valence-electron chi connectivity index (χ0n) is 18.5. The topological polar surface area (TPSA) is 135 Å². The number of ether oxygens (including phenoxy) is 1. The Morgan fingerprint density at radius 1 is 1.29 bits per heavy atom. The minimum absolute atomic E-state index is 0.00374. The molecule has 3 aromatic rings. The van der Waals surface area contributed by atoms with Crippen LogP contribution >= 0.6 is 11.6 Å². The third-order valence-corrected chi connectivity index (χ3v) is 5.56. The molecule has 188 valence electrons. The van der Waals surface area contributed by atoms with Crippen molar-refractivity contribution in [3.8, 4) is 0 Å². The third-order valence-electron chi connectivity index (χ3n) is 5.37. The number of alkyl halides is 3. The van der Waals surface area contributed by atoms with Crippen LogP contribution in [0.3, 0.4) is 0 Å². The summed E-state index contributed by atoms with van der Waals surface area (Å²) in [6, 6.07) is -0.554. The van der Waals surface area contributed by atoms with Crippen LogP contribution < -0.4 is 15.8 Å². The summed E-state index contributed by atoms with van der Waals surface area (Å²) in [6.07, 6.45) is 0.789. The molecule has 1 saturated heterocycles. The van der Waals surface area contributed by atoms with Crippen molar-refractivity contribution < 1.29 is 22.4 Å². The molecule has 11 nitrogen and oxygen atoms in total. The zero-order valence-corrected chi connectivity index (χ0v) is 19.3. The van der Waals surface area contributed by atoms with Crippen molar-refractivity contribution in [2.45, 2.75) is 44.5 Å². The summed E-state index contributed by atoms with van der Waals surface area (Å²) in [6.45, 7) is 3.09. The highest BCUT2D eigenvalue weighted by molar-refractivity contribution is 6.30. The second kappa shape index (κ2) is 10.6. The van der Waals surface area contributed by atoms with Crippen molar-refractivity contribution in [2.75, 3.05) is 29.9 Å². The Hall–Kier alpha value is -3.26. The molecule has 1 aliphatic heterocycles. The largest absolute Gasteiger partial charge is 0.423 e. The van der Waals surface area contributed by atoms with Crippen molar-refractivity contribution in [1.29, 1.82) is 0 Å². The number of rotatable bonds is 8. The molecule has 0 aliphatic carbocycles. The second-order valence-corrected chi connectivity index (χ2v) is 8.49. The standard InChI is InChI=1S/C20H22ClF3N8O3/c1-11(28-14-8-27-30-18(33)16(14)20(22,23)24)9-34-10-15-29-17(31-35-15)12-2-4-32(5-3-12)19-25-6-13(21)7-26-19/h6-8,11-12H,2-5,9-10H2,1H3,(H2,28,30,33). The van der Waals surface area contributed by atoms with Crippen molar-refractivity contribution >= 4 is 23.2 Å². The van der Waals surface area contributed by atoms with Crippen molar-refractivity contribution in [3.63, 3.8) is 0 Å². The van der Waals surface area contributed by atoms with E-state index in [1.54, 1.807) is 24.4 Å². The Kier molecular flexibility index (Phi) is 7.50. The van der Waals surface area contributed by atoms with E-state index in [0.29, 0.717) is 16.8 Å². The highest BCUT2D eigenvalue weighted by Gasteiger charge is 2.37. The lowest BCUT2D eigenvalue weighted by molar-refractivity contribution is -0.138. The van der Waals surface area contributed by atoms with Gasteiger partial charge in [0.1, 0.15) is 12.2 Å². The van der Waals surface area contributed by atoms with Crippen LogP contribution in [0.2, 0.25) is 5.02 Å². The number of nitrogens with one attached hydrogen (secondary N) is 2. The van der Waals surface area contributed by atoms with Crippen molar-refractivity contribution in [1.82, 2.24) is 30.3 Å². The molecule has 35 heavy (non-hydrogen) atoms. The Balaban J connectivity index is 1.25. The summed E-state index contributed by atoms with van der Waals surface area (Å²) < 4.78 is 50.2. The first kappa shape index (κ1) is 24.9. The van der Waals surface area contributed by atoms with E-state index in [-0.39, 0.29) is 25.0 Å². The molecule has 0 radical (unpaired) electrons. The molecular formula is C20H22ClF3N8O3. The number of aromatic amines is 1.